The largest absolute Gasteiger partial charge is 0.467 e. The van der Waals surface area contributed by atoms with Gasteiger partial charge in [0.1, 0.15) is 11.9 Å². The normalized spacial score (nSPS) is 15.8. The van der Waals surface area contributed by atoms with Gasteiger partial charge in [-0.15, -0.1) is 0 Å². The first kappa shape index (κ1) is 17.2. The minimum Gasteiger partial charge on any atom is -0.467 e. The van der Waals surface area contributed by atoms with Crippen LogP contribution in [-0.4, -0.2) is 54.5 Å². The molecule has 0 bridgehead atoms. The van der Waals surface area contributed by atoms with E-state index >= 15 is 0 Å². The van der Waals surface area contributed by atoms with Crippen LogP contribution in [0.4, 0.5) is 11.4 Å². The number of nitrogens with zero attached hydrogens (tertiary/aromatic N) is 3. The summed E-state index contributed by atoms with van der Waals surface area (Å²) < 4.78 is 65.3. The zero-order valence-corrected chi connectivity index (χ0v) is 17.0. The van der Waals surface area contributed by atoms with Gasteiger partial charge in [0.15, 0.2) is 11.2 Å². The van der Waals surface area contributed by atoms with Gasteiger partial charge >= 0.3 is 11.7 Å². The summed E-state index contributed by atoms with van der Waals surface area (Å²) in [5, 5.41) is 14.3. The lowest BCUT2D eigenvalue weighted by molar-refractivity contribution is -0.384. The van der Waals surface area contributed by atoms with Gasteiger partial charge in [-0.3, -0.25) is 10.1 Å². The van der Waals surface area contributed by atoms with Crippen LogP contribution in [0.1, 0.15) is 12.4 Å². The van der Waals surface area contributed by atoms with Crippen LogP contribution in [0.25, 0.3) is 11.0 Å². The number of benzene rings is 1. The van der Waals surface area contributed by atoms with Crippen LogP contribution in [0, 0.1) is 10.1 Å². The lowest BCUT2D eigenvalue weighted by atomic mass is 10.0. The van der Waals surface area contributed by atoms with Gasteiger partial charge in [0, 0.05) is 13.2 Å². The van der Waals surface area contributed by atoms with E-state index in [1.807, 2.05) is 0 Å². The molecule has 0 aliphatic rings. The number of aromatic nitrogens is 2. The Labute approximate surface area is 183 Å². The van der Waals surface area contributed by atoms with Crippen LogP contribution in [0.5, 0.6) is 0 Å². The van der Waals surface area contributed by atoms with Gasteiger partial charge < -0.3 is 14.8 Å². The van der Waals surface area contributed by atoms with Crippen molar-refractivity contribution in [1.29, 1.82) is 0 Å². The predicted octanol–water partition coefficient (Wildman–Crippen LogP) is 2.17. The molecule has 1 atom stereocenters. The van der Waals surface area contributed by atoms with Crippen molar-refractivity contribution in [2.45, 2.75) is 17.4 Å². The van der Waals surface area contributed by atoms with E-state index in [1.54, 1.807) is 6.07 Å². The zero-order valence-electron chi connectivity index (χ0n) is 20.1. The second-order valence-electron chi connectivity index (χ2n) is 6.62. The summed E-state index contributed by atoms with van der Waals surface area (Å²) in [6.07, 6.45) is 1.95. The van der Waals surface area contributed by atoms with Crippen LogP contribution < -0.4 is 5.32 Å². The smallest absolute Gasteiger partial charge is 0.333 e. The fourth-order valence-corrected chi connectivity index (χ4v) is 4.27. The Kier molecular flexibility index (Phi) is 4.61. The van der Waals surface area contributed by atoms with Gasteiger partial charge in [-0.05, 0) is 25.1 Å². The maximum absolute atomic E-state index is 13.1. The molecule has 2 heterocycles. The number of carbonyl (C=O) groups is 1. The molecule has 0 aliphatic carbocycles. The highest BCUT2D eigenvalue weighted by Crippen LogP contribution is 2.35. The summed E-state index contributed by atoms with van der Waals surface area (Å²) in [6, 6.07) is 8.67. The van der Waals surface area contributed by atoms with Crippen LogP contribution in [-0.2, 0) is 24.3 Å². The van der Waals surface area contributed by atoms with Crippen LogP contribution in [0.2, 0.25) is 0 Å². The quantitative estimate of drug-likeness (QED) is 0.309. The molecule has 0 radical (unpaired) electrons. The lowest BCUT2D eigenvalue weighted by Gasteiger charge is -2.28. The third-order valence-electron chi connectivity index (χ3n) is 4.50. The van der Waals surface area contributed by atoms with Crippen molar-refractivity contribution >= 4 is 38.4 Å². The molecule has 0 unspecified atom stereocenters. The summed E-state index contributed by atoms with van der Waals surface area (Å²) >= 11 is 0. The summed E-state index contributed by atoms with van der Waals surface area (Å²) in [6.45, 7) is 0.358. The van der Waals surface area contributed by atoms with E-state index < -0.39 is 52.9 Å². The molecule has 3 rings (SSSR count). The van der Waals surface area contributed by atoms with Gasteiger partial charge in [0.05, 0.1) is 34.4 Å². The highest BCUT2D eigenvalue weighted by atomic mass is 32.2. The molecule has 2 aromatic heterocycles. The number of nitro groups is 1. The fourth-order valence-electron chi connectivity index (χ4n) is 2.95. The van der Waals surface area contributed by atoms with Crippen molar-refractivity contribution in [2.24, 2.45) is 0 Å². The number of pyridine rings is 1. The Hall–Kier alpha value is -3.51. The SMILES string of the molecule is [2H]COC(=O)[C@](C)(COC([2H])([2H])[2H])Nc1c([N+](=O)[O-])cnc2c1ccn2S(=O)(=O)c1ccccc1. The summed E-state index contributed by atoms with van der Waals surface area (Å²) in [4.78, 5) is 27.4. The monoisotopic (exact) mass is 452 g/mol. The maximum Gasteiger partial charge on any atom is 0.333 e. The van der Waals surface area contributed by atoms with Crippen molar-refractivity contribution in [2.75, 3.05) is 26.0 Å². The van der Waals surface area contributed by atoms with Crippen molar-refractivity contribution < 1.29 is 33.1 Å². The number of hydrogen-bond donors (Lipinski definition) is 1. The standard InChI is InChI=1S/C19H20N4O7S/c1-19(12-29-2,18(24)30-3)21-16-14-9-10-22(17(14)20-11-15(16)23(25)26)31(27,28)13-7-5-4-6-8-13/h4-11H,12H2,1-3H3,(H,20,21)/t19-/m0/s1/i2D3,3D. The maximum atomic E-state index is 13.1. The minimum atomic E-state index is -4.13. The van der Waals surface area contributed by atoms with Gasteiger partial charge in [0.25, 0.3) is 10.0 Å². The Morgan fingerprint density at radius 3 is 2.74 bits per heavy atom. The molecule has 0 amide bonds. The number of hydrogen-bond acceptors (Lipinski definition) is 9. The van der Waals surface area contributed by atoms with E-state index in [1.165, 1.54) is 37.3 Å². The number of carbonyl (C=O) groups excluding carboxylic acids is 1. The molecular weight excluding hydrogens is 428 g/mol. The summed E-state index contributed by atoms with van der Waals surface area (Å²) in [5.74, 6) is -1.12. The molecule has 3 aromatic rings. The predicted molar refractivity (Wildman–Crippen MR) is 111 cm³/mol. The van der Waals surface area contributed by atoms with E-state index in [4.69, 9.17) is 10.2 Å². The highest BCUT2D eigenvalue weighted by Gasteiger charge is 2.38. The second-order valence-corrected chi connectivity index (χ2v) is 8.43. The lowest BCUT2D eigenvalue weighted by Crippen LogP contribution is -2.48. The summed E-state index contributed by atoms with van der Waals surface area (Å²) in [7, 11) is -7.84. The van der Waals surface area contributed by atoms with E-state index in [2.05, 4.69) is 15.0 Å². The first-order valence-corrected chi connectivity index (χ1v) is 10.1. The minimum absolute atomic E-state index is 0.0440. The number of rotatable bonds is 8. The molecule has 0 saturated heterocycles. The first-order chi connectivity index (χ1) is 16.3. The Morgan fingerprint density at radius 2 is 2.10 bits per heavy atom. The van der Waals surface area contributed by atoms with Gasteiger partial charge in [0.2, 0.25) is 0 Å². The Balaban J connectivity index is 2.18. The van der Waals surface area contributed by atoms with Crippen LogP contribution >= 0.6 is 0 Å². The van der Waals surface area contributed by atoms with Crippen molar-refractivity contribution in [1.82, 2.24) is 8.96 Å². The molecule has 11 nitrogen and oxygen atoms in total. The molecular formula is C19H20N4O7S. The van der Waals surface area contributed by atoms with E-state index in [-0.39, 0.29) is 21.6 Å². The number of fused-ring (bicyclic) bond motifs is 1. The average Bonchev–Trinajstić information content (AvgIpc) is 3.23. The molecule has 12 heteroatoms. The van der Waals surface area contributed by atoms with Crippen molar-refractivity contribution in [3.05, 3.63) is 58.9 Å². The fraction of sp³-hybridized carbons (Fsp3) is 0.263. The van der Waals surface area contributed by atoms with Gasteiger partial charge in [-0.2, -0.15) is 0 Å². The number of esters is 1. The molecule has 0 aliphatic heterocycles. The number of nitrogens with one attached hydrogen (secondary N) is 1. The van der Waals surface area contributed by atoms with Crippen molar-refractivity contribution in [3.63, 3.8) is 0 Å². The Bertz CT molecular complexity index is 1360. The third-order valence-corrected chi connectivity index (χ3v) is 6.18. The average molecular weight is 452 g/mol. The number of ether oxygens (including phenoxy) is 2. The highest BCUT2D eigenvalue weighted by molar-refractivity contribution is 7.90. The molecule has 0 saturated carbocycles. The third kappa shape index (κ3) is 3.94. The van der Waals surface area contributed by atoms with Gasteiger partial charge in [-0.1, -0.05) is 18.2 Å². The van der Waals surface area contributed by atoms with E-state index in [9.17, 15) is 23.3 Å². The molecule has 164 valence electrons. The van der Waals surface area contributed by atoms with Crippen molar-refractivity contribution in [3.8, 4) is 0 Å². The van der Waals surface area contributed by atoms with E-state index in [0.717, 1.165) is 16.4 Å². The molecule has 1 N–H and O–H groups in total. The number of methoxy groups -OCH3 is 2. The van der Waals surface area contributed by atoms with Crippen LogP contribution in [0.3, 0.4) is 0 Å². The van der Waals surface area contributed by atoms with Gasteiger partial charge in [-0.25, -0.2) is 22.2 Å². The second kappa shape index (κ2) is 8.32. The first-order valence-electron chi connectivity index (χ1n) is 10.8. The number of anilines is 1. The Morgan fingerprint density at radius 1 is 1.35 bits per heavy atom. The summed E-state index contributed by atoms with van der Waals surface area (Å²) in [5.41, 5.74) is -3.13. The molecule has 0 spiro atoms. The van der Waals surface area contributed by atoms with E-state index in [0.29, 0.717) is 0 Å². The van der Waals surface area contributed by atoms with Crippen LogP contribution in [0.15, 0.2) is 53.7 Å². The molecule has 1 aromatic carbocycles. The molecule has 31 heavy (non-hydrogen) atoms. The zero-order chi connectivity index (χ0) is 26.0. The molecule has 0 fully saturated rings. The topological polar surface area (TPSA) is 143 Å².